The molecular formula is C20H28O2. The molecule has 0 unspecified atom stereocenters. The Labute approximate surface area is 134 Å². The van der Waals surface area contributed by atoms with Crippen molar-refractivity contribution in [2.45, 2.75) is 46.5 Å². The van der Waals surface area contributed by atoms with Gasteiger partial charge in [0.1, 0.15) is 11.5 Å². The molecule has 2 heteroatoms. The zero-order valence-electron chi connectivity index (χ0n) is 14.0. The maximum atomic E-state index is 9.74. The smallest absolute Gasteiger partial charge is 0.126 e. The van der Waals surface area contributed by atoms with Crippen molar-refractivity contribution < 1.29 is 9.84 Å². The number of unbranched alkanes of at least 4 members (excludes halogenated alkanes) is 2. The number of hydrogen-bond donors (Lipinski definition) is 1. The van der Waals surface area contributed by atoms with Gasteiger partial charge in [-0.2, -0.15) is 0 Å². The van der Waals surface area contributed by atoms with Gasteiger partial charge in [0, 0.05) is 5.56 Å². The van der Waals surface area contributed by atoms with Gasteiger partial charge in [-0.05, 0) is 38.8 Å². The maximum Gasteiger partial charge on any atom is 0.126 e. The summed E-state index contributed by atoms with van der Waals surface area (Å²) < 4.78 is 5.49. The summed E-state index contributed by atoms with van der Waals surface area (Å²) in [7, 11) is 0. The van der Waals surface area contributed by atoms with E-state index in [2.05, 4.69) is 26.0 Å². The minimum Gasteiger partial charge on any atom is -0.508 e. The van der Waals surface area contributed by atoms with E-state index in [1.54, 1.807) is 6.07 Å². The van der Waals surface area contributed by atoms with E-state index in [0.29, 0.717) is 12.4 Å². The minimum atomic E-state index is 0.358. The van der Waals surface area contributed by atoms with Crippen molar-refractivity contribution in [3.05, 3.63) is 59.7 Å². The Bertz CT molecular complexity index is 520. The van der Waals surface area contributed by atoms with E-state index in [-0.39, 0.29) is 0 Å². The van der Waals surface area contributed by atoms with Crippen molar-refractivity contribution in [3.63, 3.8) is 0 Å². The topological polar surface area (TPSA) is 29.5 Å². The van der Waals surface area contributed by atoms with Crippen molar-refractivity contribution in [3.8, 4) is 11.5 Å². The van der Waals surface area contributed by atoms with Gasteiger partial charge in [-0.15, -0.1) is 0 Å². The predicted molar refractivity (Wildman–Crippen MR) is 93.7 cm³/mol. The lowest BCUT2D eigenvalue weighted by Gasteiger charge is -2.11. The Morgan fingerprint density at radius 3 is 2.18 bits per heavy atom. The molecule has 0 aliphatic carbocycles. The Kier molecular flexibility index (Phi) is 8.82. The summed E-state index contributed by atoms with van der Waals surface area (Å²) in [5, 5.41) is 9.74. The second kappa shape index (κ2) is 10.7. The zero-order chi connectivity index (χ0) is 16.2. The minimum absolute atomic E-state index is 0.358. The van der Waals surface area contributed by atoms with E-state index in [0.717, 1.165) is 24.2 Å². The number of aryl methyl sites for hydroxylation is 1. The quantitative estimate of drug-likeness (QED) is 0.712. The van der Waals surface area contributed by atoms with E-state index in [1.165, 1.54) is 18.4 Å². The number of ether oxygens (including phenoxy) is 1. The van der Waals surface area contributed by atoms with Crippen LogP contribution in [0.5, 0.6) is 11.5 Å². The van der Waals surface area contributed by atoms with Crippen LogP contribution in [-0.4, -0.2) is 11.7 Å². The lowest BCUT2D eigenvalue weighted by atomic mass is 10.1. The van der Waals surface area contributed by atoms with Gasteiger partial charge in [0.05, 0.1) is 6.61 Å². The summed E-state index contributed by atoms with van der Waals surface area (Å²) in [5.41, 5.74) is 2.27. The number of rotatable bonds is 6. The molecule has 0 atom stereocenters. The lowest BCUT2D eigenvalue weighted by Crippen LogP contribution is -1.97. The summed E-state index contributed by atoms with van der Waals surface area (Å²) in [6.07, 6.45) is 4.39. The second-order valence-electron chi connectivity index (χ2n) is 5.30. The zero-order valence-corrected chi connectivity index (χ0v) is 14.0. The Hall–Kier alpha value is -1.96. The first-order valence-electron chi connectivity index (χ1n) is 8.14. The van der Waals surface area contributed by atoms with Crippen LogP contribution in [0.15, 0.2) is 48.5 Å². The molecule has 0 aliphatic heterocycles. The van der Waals surface area contributed by atoms with E-state index >= 15 is 0 Å². The SMILES string of the molecule is CCCCCc1c(O)cccc1OCC.Cc1ccccc1. The van der Waals surface area contributed by atoms with Crippen molar-refractivity contribution in [2.75, 3.05) is 6.61 Å². The van der Waals surface area contributed by atoms with Gasteiger partial charge in [-0.3, -0.25) is 0 Å². The van der Waals surface area contributed by atoms with Crippen molar-refractivity contribution in [1.82, 2.24) is 0 Å². The highest BCUT2D eigenvalue weighted by Crippen LogP contribution is 2.29. The van der Waals surface area contributed by atoms with Crippen LogP contribution in [0.3, 0.4) is 0 Å². The molecular weight excluding hydrogens is 272 g/mol. The van der Waals surface area contributed by atoms with Crippen LogP contribution >= 0.6 is 0 Å². The Morgan fingerprint density at radius 2 is 1.64 bits per heavy atom. The molecule has 0 fully saturated rings. The Balaban J connectivity index is 0.000000287. The summed E-state index contributed by atoms with van der Waals surface area (Å²) in [6.45, 7) is 6.86. The normalized spacial score (nSPS) is 9.77. The molecule has 0 spiro atoms. The molecule has 2 aromatic rings. The molecule has 0 amide bonds. The summed E-state index contributed by atoms with van der Waals surface area (Å²) in [4.78, 5) is 0. The summed E-state index contributed by atoms with van der Waals surface area (Å²) in [6, 6.07) is 15.7. The van der Waals surface area contributed by atoms with E-state index in [1.807, 2.05) is 37.3 Å². The molecule has 0 saturated carbocycles. The first-order chi connectivity index (χ1) is 10.7. The molecule has 22 heavy (non-hydrogen) atoms. The maximum absolute atomic E-state index is 9.74. The number of phenolic OH excluding ortho intramolecular Hbond substituents is 1. The molecule has 0 radical (unpaired) electrons. The van der Waals surface area contributed by atoms with Gasteiger partial charge < -0.3 is 9.84 Å². The van der Waals surface area contributed by atoms with E-state index in [9.17, 15) is 5.11 Å². The molecule has 0 saturated heterocycles. The lowest BCUT2D eigenvalue weighted by molar-refractivity contribution is 0.332. The second-order valence-corrected chi connectivity index (χ2v) is 5.30. The van der Waals surface area contributed by atoms with Crippen molar-refractivity contribution in [1.29, 1.82) is 0 Å². The average molecular weight is 300 g/mol. The van der Waals surface area contributed by atoms with Gasteiger partial charge >= 0.3 is 0 Å². The average Bonchev–Trinajstić information content (AvgIpc) is 2.52. The van der Waals surface area contributed by atoms with E-state index in [4.69, 9.17) is 4.74 Å². The van der Waals surface area contributed by atoms with Gasteiger partial charge in [0.25, 0.3) is 0 Å². The van der Waals surface area contributed by atoms with Crippen LogP contribution in [0.25, 0.3) is 0 Å². The predicted octanol–water partition coefficient (Wildman–Crippen LogP) is 5.52. The third-order valence-corrected chi connectivity index (χ3v) is 3.38. The fourth-order valence-corrected chi connectivity index (χ4v) is 2.18. The summed E-state index contributed by atoms with van der Waals surface area (Å²) >= 11 is 0. The molecule has 0 bridgehead atoms. The summed E-state index contributed by atoms with van der Waals surface area (Å²) in [5.74, 6) is 1.19. The van der Waals surface area contributed by atoms with Crippen LogP contribution in [0.4, 0.5) is 0 Å². The molecule has 2 rings (SSSR count). The van der Waals surface area contributed by atoms with Crippen LogP contribution in [-0.2, 0) is 6.42 Å². The van der Waals surface area contributed by atoms with Crippen LogP contribution < -0.4 is 4.74 Å². The highest BCUT2D eigenvalue weighted by Gasteiger charge is 2.07. The third kappa shape index (κ3) is 6.66. The number of hydrogen-bond acceptors (Lipinski definition) is 2. The van der Waals surface area contributed by atoms with Gasteiger partial charge in [-0.25, -0.2) is 0 Å². The number of benzene rings is 2. The molecule has 2 nitrogen and oxygen atoms in total. The van der Waals surface area contributed by atoms with Gasteiger partial charge in [-0.1, -0.05) is 61.7 Å². The first-order valence-corrected chi connectivity index (χ1v) is 8.14. The monoisotopic (exact) mass is 300 g/mol. The fourth-order valence-electron chi connectivity index (χ4n) is 2.18. The standard InChI is InChI=1S/C13H20O2.C7H8/c1-3-5-6-8-11-12(14)9-7-10-13(11)15-4-2;1-7-5-3-2-4-6-7/h7,9-10,14H,3-6,8H2,1-2H3;2-6H,1H3. The van der Waals surface area contributed by atoms with Gasteiger partial charge in [0.15, 0.2) is 0 Å². The molecule has 0 aliphatic rings. The molecule has 0 aromatic heterocycles. The van der Waals surface area contributed by atoms with Crippen LogP contribution in [0, 0.1) is 6.92 Å². The largest absolute Gasteiger partial charge is 0.508 e. The molecule has 2 aromatic carbocycles. The molecule has 1 N–H and O–H groups in total. The van der Waals surface area contributed by atoms with Crippen LogP contribution in [0.2, 0.25) is 0 Å². The van der Waals surface area contributed by atoms with Gasteiger partial charge in [0.2, 0.25) is 0 Å². The number of phenols is 1. The van der Waals surface area contributed by atoms with Crippen molar-refractivity contribution >= 4 is 0 Å². The van der Waals surface area contributed by atoms with E-state index < -0.39 is 0 Å². The highest BCUT2D eigenvalue weighted by atomic mass is 16.5. The molecule has 0 heterocycles. The van der Waals surface area contributed by atoms with Crippen LogP contribution in [0.1, 0.15) is 44.2 Å². The van der Waals surface area contributed by atoms with Crippen molar-refractivity contribution in [2.24, 2.45) is 0 Å². The highest BCUT2D eigenvalue weighted by molar-refractivity contribution is 5.43. The Morgan fingerprint density at radius 1 is 0.909 bits per heavy atom. The first kappa shape index (κ1) is 18.1. The molecule has 120 valence electrons. The fraction of sp³-hybridized carbons (Fsp3) is 0.400. The number of aromatic hydroxyl groups is 1. The third-order valence-electron chi connectivity index (χ3n) is 3.38.